The van der Waals surface area contributed by atoms with E-state index in [1.165, 1.54) is 6.92 Å². The van der Waals surface area contributed by atoms with Gasteiger partial charge in [0.05, 0.1) is 0 Å². The van der Waals surface area contributed by atoms with Crippen LogP contribution in [0.1, 0.15) is 26.7 Å². The Hall–Kier alpha value is -0.970. The molecular formula is C10H14F8O3. The Labute approximate surface area is 114 Å². The maximum absolute atomic E-state index is 12.2. The topological polar surface area (TPSA) is 57.5 Å². The van der Waals surface area contributed by atoms with E-state index in [4.69, 9.17) is 10.2 Å². The molecule has 2 atom stereocenters. The van der Waals surface area contributed by atoms with Gasteiger partial charge in [-0.1, -0.05) is 13.8 Å². The van der Waals surface area contributed by atoms with E-state index in [0.29, 0.717) is 0 Å². The smallest absolute Gasteiger partial charge is 0.356 e. The van der Waals surface area contributed by atoms with Crippen LogP contribution in [0.5, 0.6) is 0 Å². The molecule has 0 aliphatic carbocycles. The summed E-state index contributed by atoms with van der Waals surface area (Å²) in [5.41, 5.74) is 0. The molecule has 0 aromatic carbocycles. The normalized spacial score (nSPS) is 15.8. The molecule has 0 radical (unpaired) electrons. The molecule has 2 unspecified atom stereocenters. The van der Waals surface area contributed by atoms with Gasteiger partial charge in [0, 0.05) is 0 Å². The van der Waals surface area contributed by atoms with Crippen molar-refractivity contribution in [2.75, 3.05) is 0 Å². The van der Waals surface area contributed by atoms with E-state index >= 15 is 0 Å². The quantitative estimate of drug-likeness (QED) is 0.614. The molecule has 0 spiro atoms. The summed E-state index contributed by atoms with van der Waals surface area (Å²) in [5, 5.41) is 16.4. The number of hydrogen-bond acceptors (Lipinski definition) is 3. The highest BCUT2D eigenvalue weighted by Crippen LogP contribution is 2.33. The number of alkyl halides is 8. The fourth-order valence-electron chi connectivity index (χ4n) is 0.825. The molecule has 3 nitrogen and oxygen atoms in total. The maximum Gasteiger partial charge on any atom is 0.453 e. The highest BCUT2D eigenvalue weighted by molar-refractivity contribution is 5.88. The molecule has 0 aliphatic rings. The summed E-state index contributed by atoms with van der Waals surface area (Å²) < 4.78 is 92.6. The van der Waals surface area contributed by atoms with Gasteiger partial charge >= 0.3 is 12.4 Å². The molecule has 0 bridgehead atoms. The molecule has 0 saturated heterocycles. The van der Waals surface area contributed by atoms with E-state index in [0.717, 1.165) is 6.92 Å². The number of rotatable bonds is 4. The molecule has 0 saturated carbocycles. The van der Waals surface area contributed by atoms with Crippen molar-refractivity contribution in [2.45, 2.75) is 57.2 Å². The fourth-order valence-corrected chi connectivity index (χ4v) is 0.825. The third-order valence-corrected chi connectivity index (χ3v) is 2.13. The minimum Gasteiger partial charge on any atom is -0.356 e. The molecule has 128 valence electrons. The standard InChI is InChI=1S/C5H8F4O2.C5H6F4O/c1-2-3(6)4(10,11)5(7,8)9;1-2-3(6)4(10)5(7,8)9/h3,10-11H,2H2,1H3;3H,2H2,1H3. The van der Waals surface area contributed by atoms with E-state index in [-0.39, 0.29) is 0 Å². The van der Waals surface area contributed by atoms with Crippen molar-refractivity contribution in [1.29, 1.82) is 0 Å². The first-order valence-electron chi connectivity index (χ1n) is 5.53. The van der Waals surface area contributed by atoms with Crippen LogP contribution < -0.4 is 0 Å². The van der Waals surface area contributed by atoms with Gasteiger partial charge in [-0.2, -0.15) is 26.3 Å². The van der Waals surface area contributed by atoms with Crippen molar-refractivity contribution >= 4 is 5.78 Å². The molecule has 0 aromatic rings. The Balaban J connectivity index is 0. The van der Waals surface area contributed by atoms with Crippen molar-refractivity contribution in [3.05, 3.63) is 0 Å². The predicted octanol–water partition coefficient (Wildman–Crippen LogP) is 2.84. The second-order valence-corrected chi connectivity index (χ2v) is 3.84. The van der Waals surface area contributed by atoms with Crippen molar-refractivity contribution in [3.8, 4) is 0 Å². The monoisotopic (exact) mass is 334 g/mol. The Morgan fingerprint density at radius 3 is 1.43 bits per heavy atom. The van der Waals surface area contributed by atoms with Gasteiger partial charge in [0.1, 0.15) is 0 Å². The number of carbonyl (C=O) groups is 1. The minimum absolute atomic E-state index is 0.432. The molecule has 0 rings (SSSR count). The number of Topliss-reactive ketones (excluding diaryl/α,β-unsaturated/α-hetero) is 1. The largest absolute Gasteiger partial charge is 0.453 e. The van der Waals surface area contributed by atoms with Crippen molar-refractivity contribution in [1.82, 2.24) is 0 Å². The van der Waals surface area contributed by atoms with Crippen LogP contribution in [0.15, 0.2) is 0 Å². The lowest BCUT2D eigenvalue weighted by molar-refractivity contribution is -0.369. The van der Waals surface area contributed by atoms with Crippen LogP contribution in [0.4, 0.5) is 35.1 Å². The van der Waals surface area contributed by atoms with E-state index in [2.05, 4.69) is 0 Å². The predicted molar refractivity (Wildman–Crippen MR) is 54.7 cm³/mol. The summed E-state index contributed by atoms with van der Waals surface area (Å²) in [7, 11) is 0. The van der Waals surface area contributed by atoms with Crippen molar-refractivity contribution in [2.24, 2.45) is 0 Å². The van der Waals surface area contributed by atoms with Crippen molar-refractivity contribution in [3.63, 3.8) is 0 Å². The first-order chi connectivity index (χ1) is 9.12. The van der Waals surface area contributed by atoms with Crippen LogP contribution in [0.2, 0.25) is 0 Å². The second kappa shape index (κ2) is 7.87. The highest BCUT2D eigenvalue weighted by Gasteiger charge is 2.58. The van der Waals surface area contributed by atoms with Gasteiger partial charge in [-0.25, -0.2) is 8.78 Å². The first kappa shape index (κ1) is 22.3. The highest BCUT2D eigenvalue weighted by atomic mass is 19.4. The van der Waals surface area contributed by atoms with Gasteiger partial charge < -0.3 is 10.2 Å². The molecule has 0 fully saturated rings. The molecule has 0 amide bonds. The fraction of sp³-hybridized carbons (Fsp3) is 0.900. The summed E-state index contributed by atoms with van der Waals surface area (Å²) in [4.78, 5) is 9.90. The lowest BCUT2D eigenvalue weighted by Gasteiger charge is -2.26. The summed E-state index contributed by atoms with van der Waals surface area (Å²) in [5.74, 6) is -6.52. The zero-order chi connectivity index (χ0) is 17.6. The first-order valence-corrected chi connectivity index (χ1v) is 5.53. The zero-order valence-electron chi connectivity index (χ0n) is 10.9. The second-order valence-electron chi connectivity index (χ2n) is 3.84. The van der Waals surface area contributed by atoms with Crippen LogP contribution in [0, 0.1) is 0 Å². The average Bonchev–Trinajstić information content (AvgIpc) is 2.34. The van der Waals surface area contributed by atoms with Gasteiger partial charge in [0.15, 0.2) is 12.3 Å². The van der Waals surface area contributed by atoms with Crippen LogP contribution in [0.25, 0.3) is 0 Å². The van der Waals surface area contributed by atoms with Gasteiger partial charge in [0.25, 0.3) is 11.6 Å². The zero-order valence-corrected chi connectivity index (χ0v) is 10.9. The molecule has 0 heterocycles. The molecule has 11 heteroatoms. The van der Waals surface area contributed by atoms with Crippen LogP contribution >= 0.6 is 0 Å². The Morgan fingerprint density at radius 1 is 0.952 bits per heavy atom. The number of aliphatic hydroxyl groups is 2. The Kier molecular flexibility index (Phi) is 8.37. The number of carbonyl (C=O) groups excluding carboxylic acids is 1. The molecule has 21 heavy (non-hydrogen) atoms. The molecule has 0 aromatic heterocycles. The Bertz CT molecular complexity index is 323. The minimum atomic E-state index is -5.34. The van der Waals surface area contributed by atoms with Crippen LogP contribution in [0.3, 0.4) is 0 Å². The van der Waals surface area contributed by atoms with Gasteiger partial charge in [-0.15, -0.1) is 0 Å². The third-order valence-electron chi connectivity index (χ3n) is 2.13. The summed E-state index contributed by atoms with van der Waals surface area (Å²) in [6, 6.07) is 0. The van der Waals surface area contributed by atoms with Gasteiger partial charge in [-0.3, -0.25) is 4.79 Å². The average molecular weight is 334 g/mol. The van der Waals surface area contributed by atoms with E-state index < -0.39 is 49.1 Å². The van der Waals surface area contributed by atoms with E-state index in [1.54, 1.807) is 0 Å². The van der Waals surface area contributed by atoms with Gasteiger partial charge in [-0.05, 0) is 12.8 Å². The lowest BCUT2D eigenvalue weighted by atomic mass is 10.1. The summed E-state index contributed by atoms with van der Waals surface area (Å²) in [6.45, 7) is 2.26. The number of ketones is 1. The van der Waals surface area contributed by atoms with Gasteiger partial charge in [0.2, 0.25) is 0 Å². The third kappa shape index (κ3) is 7.02. The Morgan fingerprint density at radius 2 is 1.33 bits per heavy atom. The number of hydrogen-bond donors (Lipinski definition) is 2. The maximum atomic E-state index is 12.2. The van der Waals surface area contributed by atoms with E-state index in [1.807, 2.05) is 0 Å². The number of halogens is 8. The van der Waals surface area contributed by atoms with Crippen molar-refractivity contribution < 1.29 is 50.1 Å². The molecular weight excluding hydrogens is 320 g/mol. The lowest BCUT2D eigenvalue weighted by Crippen LogP contribution is -2.52. The summed E-state index contributed by atoms with van der Waals surface area (Å²) in [6.07, 6.45) is -16.5. The van der Waals surface area contributed by atoms with Crippen LogP contribution in [-0.4, -0.2) is 46.5 Å². The molecule has 0 aliphatic heterocycles. The molecule has 2 N–H and O–H groups in total. The van der Waals surface area contributed by atoms with Crippen LogP contribution in [-0.2, 0) is 4.79 Å². The SMILES string of the molecule is CCC(F)C(=O)C(F)(F)F.CCC(F)C(O)(O)C(F)(F)F. The summed E-state index contributed by atoms with van der Waals surface area (Å²) >= 11 is 0. The van der Waals surface area contributed by atoms with E-state index in [9.17, 15) is 39.9 Å².